The van der Waals surface area contributed by atoms with Crippen molar-refractivity contribution in [1.29, 1.82) is 0 Å². The number of allylic oxidation sites excluding steroid dienone is 2. The van der Waals surface area contributed by atoms with Gasteiger partial charge in [-0.1, -0.05) is 103 Å². The molecule has 43 heavy (non-hydrogen) atoms. The van der Waals surface area contributed by atoms with Crippen LogP contribution in [0, 0.1) is 0 Å². The number of hydrogen-bond acceptors (Lipinski definition) is 5. The highest BCUT2D eigenvalue weighted by Gasteiger charge is 2.19. The smallest absolute Gasteiger partial charge is 0.326 e. The number of rotatable bonds is 32. The maximum atomic E-state index is 12.6. The van der Waals surface area contributed by atoms with E-state index < -0.39 is 12.0 Å². The van der Waals surface area contributed by atoms with E-state index >= 15 is 0 Å². The summed E-state index contributed by atoms with van der Waals surface area (Å²) in [5.41, 5.74) is 5.46. The predicted octanol–water partition coefficient (Wildman–Crippen LogP) is 9.16. The average Bonchev–Trinajstić information content (AvgIpc) is 2.98. The van der Waals surface area contributed by atoms with E-state index in [0.29, 0.717) is 32.2 Å². The standard InChI is InChI=1S/C36H68N2O5/c1-3-5-7-9-11-12-13-14-15-16-18-24-30-35(40)43-32(26-21-17-10-8-6-4-2)27-22-19-20-23-29-34(39)38-33(36(41)42)28-25-31-37/h11-12,32-33H,3-10,13-31,37H2,1-2H3,(H,38,39)(H,41,42)/b12-11-. The number of aliphatic carboxylic acids is 1. The summed E-state index contributed by atoms with van der Waals surface area (Å²) in [6.45, 7) is 4.88. The lowest BCUT2D eigenvalue weighted by molar-refractivity contribution is -0.150. The van der Waals surface area contributed by atoms with Gasteiger partial charge in [-0.15, -0.1) is 0 Å². The van der Waals surface area contributed by atoms with Crippen LogP contribution >= 0.6 is 0 Å². The van der Waals surface area contributed by atoms with Crippen LogP contribution in [0.25, 0.3) is 0 Å². The van der Waals surface area contributed by atoms with Crippen molar-refractivity contribution in [3.05, 3.63) is 12.2 Å². The summed E-state index contributed by atoms with van der Waals surface area (Å²) in [5, 5.41) is 11.9. The first-order valence-electron chi connectivity index (χ1n) is 18.0. The van der Waals surface area contributed by atoms with Crippen LogP contribution < -0.4 is 11.1 Å². The van der Waals surface area contributed by atoms with Crippen molar-refractivity contribution < 1.29 is 24.2 Å². The van der Waals surface area contributed by atoms with Gasteiger partial charge in [0.05, 0.1) is 0 Å². The van der Waals surface area contributed by atoms with Crippen LogP contribution in [0.1, 0.15) is 181 Å². The zero-order chi connectivity index (χ0) is 31.8. The number of hydrogen-bond donors (Lipinski definition) is 3. The molecule has 0 saturated carbocycles. The van der Waals surface area contributed by atoms with E-state index in [0.717, 1.165) is 57.8 Å². The van der Waals surface area contributed by atoms with Gasteiger partial charge in [-0.2, -0.15) is 0 Å². The van der Waals surface area contributed by atoms with E-state index in [9.17, 15) is 19.5 Å². The zero-order valence-corrected chi connectivity index (χ0v) is 28.1. The first-order valence-corrected chi connectivity index (χ1v) is 18.0. The number of nitrogens with one attached hydrogen (secondary N) is 1. The zero-order valence-electron chi connectivity index (χ0n) is 28.1. The molecular formula is C36H68N2O5. The first-order chi connectivity index (χ1) is 20.9. The van der Waals surface area contributed by atoms with Crippen molar-refractivity contribution in [3.8, 4) is 0 Å². The fourth-order valence-corrected chi connectivity index (χ4v) is 5.33. The molecular weight excluding hydrogens is 540 g/mol. The summed E-state index contributed by atoms with van der Waals surface area (Å²) in [5.74, 6) is -1.27. The quantitative estimate of drug-likeness (QED) is 0.0398. The Morgan fingerprint density at radius 3 is 1.72 bits per heavy atom. The molecule has 0 heterocycles. The van der Waals surface area contributed by atoms with Gasteiger partial charge in [-0.05, 0) is 83.6 Å². The maximum Gasteiger partial charge on any atom is 0.326 e. The molecule has 4 N–H and O–H groups in total. The Kier molecular flexibility index (Phi) is 30.1. The summed E-state index contributed by atoms with van der Waals surface area (Å²) < 4.78 is 5.94. The molecule has 0 radical (unpaired) electrons. The minimum Gasteiger partial charge on any atom is -0.480 e. The van der Waals surface area contributed by atoms with Crippen LogP contribution in [-0.4, -0.2) is 41.6 Å². The van der Waals surface area contributed by atoms with Gasteiger partial charge >= 0.3 is 11.9 Å². The highest BCUT2D eigenvalue weighted by atomic mass is 16.5. The van der Waals surface area contributed by atoms with Crippen molar-refractivity contribution in [2.45, 2.75) is 193 Å². The topological polar surface area (TPSA) is 119 Å². The molecule has 0 aliphatic heterocycles. The Balaban J connectivity index is 4.23. The summed E-state index contributed by atoms with van der Waals surface area (Å²) in [7, 11) is 0. The number of nitrogens with two attached hydrogens (primary N) is 1. The third kappa shape index (κ3) is 28.6. The monoisotopic (exact) mass is 609 g/mol. The molecule has 2 atom stereocenters. The van der Waals surface area contributed by atoms with Crippen LogP contribution in [0.2, 0.25) is 0 Å². The highest BCUT2D eigenvalue weighted by molar-refractivity contribution is 5.83. The third-order valence-electron chi connectivity index (χ3n) is 8.08. The van der Waals surface area contributed by atoms with E-state index in [4.69, 9.17) is 10.5 Å². The van der Waals surface area contributed by atoms with E-state index in [1.807, 2.05) is 0 Å². The molecule has 1 amide bonds. The van der Waals surface area contributed by atoms with Gasteiger partial charge in [-0.25, -0.2) is 4.79 Å². The lowest BCUT2D eigenvalue weighted by Gasteiger charge is -2.18. The van der Waals surface area contributed by atoms with E-state index in [1.165, 1.54) is 83.5 Å². The molecule has 7 heteroatoms. The normalized spacial score (nSPS) is 12.8. The molecule has 0 aromatic carbocycles. The lowest BCUT2D eigenvalue weighted by Crippen LogP contribution is -2.40. The van der Waals surface area contributed by atoms with Gasteiger partial charge in [0.25, 0.3) is 0 Å². The van der Waals surface area contributed by atoms with Gasteiger partial charge in [0.1, 0.15) is 12.1 Å². The van der Waals surface area contributed by atoms with E-state index in [-0.39, 0.29) is 18.0 Å². The summed E-state index contributed by atoms with van der Waals surface area (Å²) in [4.78, 5) is 36.1. The SMILES string of the molecule is CCCCC/C=C\CCCCCCCC(=O)OC(CCCCCCCC)CCCCCCC(=O)NC(CCCN)C(=O)O. The van der Waals surface area contributed by atoms with Crippen LogP contribution in [0.3, 0.4) is 0 Å². The Morgan fingerprint density at radius 2 is 1.14 bits per heavy atom. The molecule has 2 unspecified atom stereocenters. The number of amides is 1. The molecule has 0 spiro atoms. The van der Waals surface area contributed by atoms with E-state index in [1.54, 1.807) is 0 Å². The maximum absolute atomic E-state index is 12.6. The molecule has 7 nitrogen and oxygen atoms in total. The fraction of sp³-hybridized carbons (Fsp3) is 0.861. The van der Waals surface area contributed by atoms with Crippen molar-refractivity contribution in [3.63, 3.8) is 0 Å². The molecule has 0 fully saturated rings. The molecule has 0 aliphatic carbocycles. The second kappa shape index (κ2) is 31.5. The fourth-order valence-electron chi connectivity index (χ4n) is 5.33. The molecule has 0 saturated heterocycles. The van der Waals surface area contributed by atoms with Gasteiger partial charge < -0.3 is 20.9 Å². The Hall–Kier alpha value is -1.89. The largest absolute Gasteiger partial charge is 0.480 e. The second-order valence-corrected chi connectivity index (χ2v) is 12.3. The summed E-state index contributed by atoms with van der Waals surface area (Å²) >= 11 is 0. The molecule has 0 rings (SSSR count). The third-order valence-corrected chi connectivity index (χ3v) is 8.08. The number of carboxylic acids is 1. The van der Waals surface area contributed by atoms with Crippen LogP contribution in [0.15, 0.2) is 12.2 Å². The van der Waals surface area contributed by atoms with E-state index in [2.05, 4.69) is 31.3 Å². The van der Waals surface area contributed by atoms with Crippen molar-refractivity contribution in [2.75, 3.05) is 6.54 Å². The van der Waals surface area contributed by atoms with Gasteiger partial charge in [-0.3, -0.25) is 9.59 Å². The molecule has 0 aromatic heterocycles. The number of carboxylic acid groups (broad SMARTS) is 1. The van der Waals surface area contributed by atoms with Crippen molar-refractivity contribution in [2.24, 2.45) is 5.73 Å². The lowest BCUT2D eigenvalue weighted by atomic mass is 10.0. The second-order valence-electron chi connectivity index (χ2n) is 12.3. The van der Waals surface area contributed by atoms with Gasteiger partial charge in [0.2, 0.25) is 5.91 Å². The predicted molar refractivity (Wildman–Crippen MR) is 179 cm³/mol. The number of carbonyl (C=O) groups is 3. The number of ether oxygens (including phenoxy) is 1. The minimum atomic E-state index is -1.01. The number of esters is 1. The van der Waals surface area contributed by atoms with Crippen molar-refractivity contribution >= 4 is 17.8 Å². The Labute approximate surface area is 264 Å². The average molecular weight is 609 g/mol. The van der Waals surface area contributed by atoms with Crippen LogP contribution in [0.4, 0.5) is 0 Å². The van der Waals surface area contributed by atoms with Crippen LogP contribution in [-0.2, 0) is 19.1 Å². The first kappa shape index (κ1) is 41.1. The van der Waals surface area contributed by atoms with Crippen LogP contribution in [0.5, 0.6) is 0 Å². The Morgan fingerprint density at radius 1 is 0.651 bits per heavy atom. The molecule has 0 bridgehead atoms. The number of carbonyl (C=O) groups excluding carboxylic acids is 2. The molecule has 0 aromatic rings. The Bertz CT molecular complexity index is 697. The molecule has 0 aliphatic rings. The molecule has 252 valence electrons. The van der Waals surface area contributed by atoms with Gasteiger partial charge in [0.15, 0.2) is 0 Å². The number of unbranched alkanes of at least 4 members (excludes halogenated alkanes) is 16. The van der Waals surface area contributed by atoms with Crippen molar-refractivity contribution in [1.82, 2.24) is 5.32 Å². The van der Waals surface area contributed by atoms with Gasteiger partial charge in [0, 0.05) is 12.8 Å². The summed E-state index contributed by atoms with van der Waals surface area (Å²) in [6.07, 6.45) is 31.1. The highest BCUT2D eigenvalue weighted by Crippen LogP contribution is 2.18. The minimum absolute atomic E-state index is 0.00930. The summed E-state index contributed by atoms with van der Waals surface area (Å²) in [6, 6.07) is -0.860.